The fraction of sp³-hybridized carbons (Fsp3) is 0.421. The number of amides is 2. The summed E-state index contributed by atoms with van der Waals surface area (Å²) >= 11 is 0. The second kappa shape index (κ2) is 6.94. The van der Waals surface area contributed by atoms with E-state index < -0.39 is 6.04 Å². The third kappa shape index (κ3) is 3.34. The maximum absolute atomic E-state index is 12.8. The first-order valence-electron chi connectivity index (χ1n) is 9.08. The molecule has 8 heteroatoms. The summed E-state index contributed by atoms with van der Waals surface area (Å²) in [6, 6.07) is 6.90. The molecule has 1 aromatic heterocycles. The van der Waals surface area contributed by atoms with Gasteiger partial charge in [0, 0.05) is 31.3 Å². The summed E-state index contributed by atoms with van der Waals surface area (Å²) in [4.78, 5) is 26.7. The van der Waals surface area contributed by atoms with Crippen LogP contribution in [0.1, 0.15) is 31.0 Å². The minimum atomic E-state index is -0.505. The van der Waals surface area contributed by atoms with Crippen LogP contribution in [0.25, 0.3) is 0 Å². The van der Waals surface area contributed by atoms with Gasteiger partial charge in [0.1, 0.15) is 6.04 Å². The summed E-state index contributed by atoms with van der Waals surface area (Å²) in [7, 11) is 0. The monoisotopic (exact) mass is 370 g/mol. The number of hydrogen-bond donors (Lipinski definition) is 1. The van der Waals surface area contributed by atoms with Crippen molar-refractivity contribution in [2.75, 3.05) is 12.1 Å². The molecule has 1 aromatic carbocycles. The molecule has 1 unspecified atom stereocenters. The minimum Gasteiger partial charge on any atom is -0.454 e. The van der Waals surface area contributed by atoms with Gasteiger partial charge >= 0.3 is 0 Å². The summed E-state index contributed by atoms with van der Waals surface area (Å²) in [6.45, 7) is 5.23. The second-order valence-electron chi connectivity index (χ2n) is 6.74. The Bertz CT molecular complexity index is 892. The molecule has 8 nitrogen and oxygen atoms in total. The summed E-state index contributed by atoms with van der Waals surface area (Å²) < 4.78 is 12.5. The molecule has 27 heavy (non-hydrogen) atoms. The number of benzene rings is 1. The van der Waals surface area contributed by atoms with Gasteiger partial charge in [-0.3, -0.25) is 14.3 Å². The Morgan fingerprint density at radius 1 is 1.30 bits per heavy atom. The molecule has 1 N–H and O–H groups in total. The van der Waals surface area contributed by atoms with Crippen LogP contribution in [0.3, 0.4) is 0 Å². The number of rotatable bonds is 5. The molecule has 4 rings (SSSR count). The van der Waals surface area contributed by atoms with Crippen LogP contribution >= 0.6 is 0 Å². The lowest BCUT2D eigenvalue weighted by molar-refractivity contribution is -0.133. The van der Waals surface area contributed by atoms with E-state index in [0.29, 0.717) is 36.7 Å². The van der Waals surface area contributed by atoms with Gasteiger partial charge in [0.2, 0.25) is 18.6 Å². The lowest BCUT2D eigenvalue weighted by atomic mass is 10.1. The summed E-state index contributed by atoms with van der Waals surface area (Å²) in [5, 5.41) is 7.21. The van der Waals surface area contributed by atoms with E-state index in [1.165, 1.54) is 0 Å². The molecule has 142 valence electrons. The van der Waals surface area contributed by atoms with Gasteiger partial charge in [-0.1, -0.05) is 6.07 Å². The van der Waals surface area contributed by atoms with Gasteiger partial charge < -0.3 is 19.7 Å². The normalized spacial score (nSPS) is 18.2. The van der Waals surface area contributed by atoms with Crippen molar-refractivity contribution in [1.82, 2.24) is 14.7 Å². The van der Waals surface area contributed by atoms with Crippen molar-refractivity contribution in [3.05, 3.63) is 35.5 Å². The number of nitrogens with one attached hydrogen (secondary N) is 1. The molecule has 2 aliphatic rings. The fourth-order valence-electron chi connectivity index (χ4n) is 3.54. The predicted octanol–water partition coefficient (Wildman–Crippen LogP) is 2.07. The van der Waals surface area contributed by atoms with Crippen LogP contribution in [0.5, 0.6) is 11.5 Å². The van der Waals surface area contributed by atoms with Crippen LogP contribution in [0.4, 0.5) is 5.82 Å². The molecule has 2 aliphatic heterocycles. The minimum absolute atomic E-state index is 0.0249. The van der Waals surface area contributed by atoms with E-state index in [-0.39, 0.29) is 18.6 Å². The number of ether oxygens (including phenoxy) is 2. The zero-order valence-corrected chi connectivity index (χ0v) is 15.4. The van der Waals surface area contributed by atoms with Crippen LogP contribution in [-0.2, 0) is 22.7 Å². The van der Waals surface area contributed by atoms with E-state index in [2.05, 4.69) is 10.4 Å². The molecule has 2 amide bonds. The highest BCUT2D eigenvalue weighted by molar-refractivity contribution is 5.98. The largest absolute Gasteiger partial charge is 0.454 e. The molecule has 0 aliphatic carbocycles. The number of hydrogen-bond acceptors (Lipinski definition) is 5. The smallest absolute Gasteiger partial charge is 0.248 e. The van der Waals surface area contributed by atoms with Crippen LogP contribution in [-0.4, -0.2) is 39.3 Å². The van der Waals surface area contributed by atoms with Crippen molar-refractivity contribution < 1.29 is 19.1 Å². The van der Waals surface area contributed by atoms with E-state index in [0.717, 1.165) is 17.8 Å². The zero-order chi connectivity index (χ0) is 19.0. The number of anilines is 1. The number of fused-ring (bicyclic) bond motifs is 1. The molecular weight excluding hydrogens is 348 g/mol. The number of aromatic nitrogens is 2. The molecular formula is C19H22N4O4. The Hall–Kier alpha value is -3.03. The highest BCUT2D eigenvalue weighted by atomic mass is 16.7. The van der Waals surface area contributed by atoms with Crippen molar-refractivity contribution in [3.8, 4) is 11.5 Å². The van der Waals surface area contributed by atoms with Crippen molar-refractivity contribution >= 4 is 17.6 Å². The molecule has 1 saturated heterocycles. The lowest BCUT2D eigenvalue weighted by Gasteiger charge is -2.24. The van der Waals surface area contributed by atoms with E-state index in [9.17, 15) is 9.59 Å². The Kier molecular flexibility index (Phi) is 4.47. The number of nitrogens with zero attached hydrogens (tertiary/aromatic N) is 3. The molecule has 0 radical (unpaired) electrons. The second-order valence-corrected chi connectivity index (χ2v) is 6.74. The summed E-state index contributed by atoms with van der Waals surface area (Å²) in [5.41, 5.74) is 1.88. The molecule has 1 fully saturated rings. The van der Waals surface area contributed by atoms with Gasteiger partial charge in [-0.25, -0.2) is 0 Å². The molecule has 0 saturated carbocycles. The first kappa shape index (κ1) is 17.4. The Morgan fingerprint density at radius 2 is 2.11 bits per heavy atom. The quantitative estimate of drug-likeness (QED) is 0.871. The number of likely N-dealkylation sites (tertiary alicyclic amines) is 1. The third-order valence-corrected chi connectivity index (χ3v) is 4.95. The van der Waals surface area contributed by atoms with Crippen LogP contribution in [0, 0.1) is 6.92 Å². The van der Waals surface area contributed by atoms with Crippen molar-refractivity contribution in [3.63, 3.8) is 0 Å². The lowest BCUT2D eigenvalue weighted by Crippen LogP contribution is -2.41. The Labute approximate surface area is 157 Å². The molecule has 0 bridgehead atoms. The van der Waals surface area contributed by atoms with Gasteiger partial charge in [-0.2, -0.15) is 5.10 Å². The highest BCUT2D eigenvalue weighted by Gasteiger charge is 2.36. The highest BCUT2D eigenvalue weighted by Crippen LogP contribution is 2.33. The maximum atomic E-state index is 12.8. The standard InChI is InChI=1S/C19H22N4O4/c1-3-23-12(2)8-17(21-23)20-19(25)14-5-7-18(24)22(14)10-13-4-6-15-16(9-13)27-11-26-15/h4,6,8-9,14H,3,5,7,10-11H2,1-2H3,(H,20,21,25). The predicted molar refractivity (Wildman–Crippen MR) is 97.4 cm³/mol. The van der Waals surface area contributed by atoms with Crippen LogP contribution < -0.4 is 14.8 Å². The molecule has 1 atom stereocenters. The number of aryl methyl sites for hydroxylation is 2. The number of carbonyl (C=O) groups is 2. The van der Waals surface area contributed by atoms with E-state index in [1.54, 1.807) is 4.90 Å². The summed E-state index contributed by atoms with van der Waals surface area (Å²) in [5.74, 6) is 1.65. The molecule has 2 aromatic rings. The van der Waals surface area contributed by atoms with E-state index >= 15 is 0 Å². The summed E-state index contributed by atoms with van der Waals surface area (Å²) in [6.07, 6.45) is 0.869. The molecule has 3 heterocycles. The van der Waals surface area contributed by atoms with Crippen molar-refractivity contribution in [2.24, 2.45) is 0 Å². The van der Waals surface area contributed by atoms with Gasteiger partial charge in [0.25, 0.3) is 0 Å². The van der Waals surface area contributed by atoms with Gasteiger partial charge in [0.05, 0.1) is 0 Å². The fourth-order valence-corrected chi connectivity index (χ4v) is 3.54. The SMILES string of the molecule is CCn1nc(NC(=O)C2CCC(=O)N2Cc2ccc3c(c2)OCO3)cc1C. The van der Waals surface area contributed by atoms with Crippen LogP contribution in [0.15, 0.2) is 24.3 Å². The van der Waals surface area contributed by atoms with Crippen molar-refractivity contribution in [2.45, 2.75) is 45.8 Å². The van der Waals surface area contributed by atoms with Gasteiger partial charge in [-0.05, 0) is 38.0 Å². The van der Waals surface area contributed by atoms with E-state index in [4.69, 9.17) is 9.47 Å². The average Bonchev–Trinajstić information content (AvgIpc) is 3.34. The molecule has 0 spiro atoms. The van der Waals surface area contributed by atoms with Gasteiger partial charge in [-0.15, -0.1) is 0 Å². The van der Waals surface area contributed by atoms with E-state index in [1.807, 2.05) is 42.8 Å². The average molecular weight is 370 g/mol. The Balaban J connectivity index is 1.48. The maximum Gasteiger partial charge on any atom is 0.248 e. The zero-order valence-electron chi connectivity index (χ0n) is 15.4. The third-order valence-electron chi connectivity index (χ3n) is 4.95. The first-order valence-corrected chi connectivity index (χ1v) is 9.08. The Morgan fingerprint density at radius 3 is 2.89 bits per heavy atom. The first-order chi connectivity index (χ1) is 13.0. The van der Waals surface area contributed by atoms with Crippen LogP contribution in [0.2, 0.25) is 0 Å². The topological polar surface area (TPSA) is 85.7 Å². The van der Waals surface area contributed by atoms with Gasteiger partial charge in [0.15, 0.2) is 17.3 Å². The van der Waals surface area contributed by atoms with Crippen molar-refractivity contribution in [1.29, 1.82) is 0 Å². The number of carbonyl (C=O) groups excluding carboxylic acids is 2.